The smallest absolute Gasteiger partial charge is 0.165 e. The molecule has 0 N–H and O–H groups in total. The molecule has 55 heavy (non-hydrogen) atoms. The summed E-state index contributed by atoms with van der Waals surface area (Å²) >= 11 is 0. The van der Waals surface area contributed by atoms with Crippen LogP contribution in [0.4, 0.5) is 17.1 Å². The maximum atomic E-state index is 5.45. The molecular formula is C50H31N5. The number of benzene rings is 8. The number of hydrogen-bond acceptors (Lipinski definition) is 3. The first-order chi connectivity index (χ1) is 27.3. The van der Waals surface area contributed by atoms with Crippen LogP contribution in [0.5, 0.6) is 0 Å². The number of anilines is 3. The van der Waals surface area contributed by atoms with Crippen molar-refractivity contribution >= 4 is 93.8 Å². The van der Waals surface area contributed by atoms with E-state index in [4.69, 9.17) is 9.97 Å². The zero-order valence-corrected chi connectivity index (χ0v) is 29.6. The molecule has 5 heteroatoms. The van der Waals surface area contributed by atoms with E-state index < -0.39 is 0 Å². The molecule has 0 atom stereocenters. The molecule has 12 rings (SSSR count). The largest absolute Gasteiger partial charge is 0.311 e. The van der Waals surface area contributed by atoms with E-state index in [9.17, 15) is 0 Å². The maximum absolute atomic E-state index is 5.45. The van der Waals surface area contributed by atoms with E-state index in [1.54, 1.807) is 0 Å². The van der Waals surface area contributed by atoms with Crippen molar-refractivity contribution in [1.29, 1.82) is 0 Å². The van der Waals surface area contributed by atoms with Crippen molar-refractivity contribution in [2.24, 2.45) is 0 Å². The molecule has 0 bridgehead atoms. The minimum Gasteiger partial charge on any atom is -0.311 e. The summed E-state index contributed by atoms with van der Waals surface area (Å²) in [7, 11) is 0. The monoisotopic (exact) mass is 701 g/mol. The van der Waals surface area contributed by atoms with Crippen molar-refractivity contribution in [3.63, 3.8) is 0 Å². The predicted molar refractivity (Wildman–Crippen MR) is 229 cm³/mol. The summed E-state index contributed by atoms with van der Waals surface area (Å²) < 4.78 is 4.85. The van der Waals surface area contributed by atoms with Crippen LogP contribution in [0.1, 0.15) is 0 Å². The van der Waals surface area contributed by atoms with Gasteiger partial charge in [0, 0.05) is 44.0 Å². The number of fused-ring (bicyclic) bond motifs is 12. The van der Waals surface area contributed by atoms with Gasteiger partial charge in [0.25, 0.3) is 0 Å². The van der Waals surface area contributed by atoms with Gasteiger partial charge in [0.2, 0.25) is 0 Å². The molecule has 5 nitrogen and oxygen atoms in total. The molecule has 0 radical (unpaired) electrons. The van der Waals surface area contributed by atoms with Gasteiger partial charge in [0.1, 0.15) is 5.52 Å². The minimum atomic E-state index is 0.837. The van der Waals surface area contributed by atoms with Gasteiger partial charge in [-0.3, -0.25) is 4.40 Å². The van der Waals surface area contributed by atoms with Crippen molar-refractivity contribution in [1.82, 2.24) is 18.8 Å². The summed E-state index contributed by atoms with van der Waals surface area (Å²) in [5, 5.41) is 5.84. The van der Waals surface area contributed by atoms with Crippen molar-refractivity contribution in [3.05, 3.63) is 188 Å². The molecule has 0 fully saturated rings. The van der Waals surface area contributed by atoms with Gasteiger partial charge in [0.05, 0.1) is 38.6 Å². The van der Waals surface area contributed by atoms with E-state index >= 15 is 0 Å². The van der Waals surface area contributed by atoms with Gasteiger partial charge in [0.15, 0.2) is 5.65 Å². The van der Waals surface area contributed by atoms with Gasteiger partial charge in [-0.25, -0.2) is 9.97 Å². The highest BCUT2D eigenvalue weighted by Gasteiger charge is 2.24. The first kappa shape index (κ1) is 30.0. The van der Waals surface area contributed by atoms with Gasteiger partial charge in [-0.05, 0) is 83.9 Å². The summed E-state index contributed by atoms with van der Waals surface area (Å²) in [5.74, 6) is 0. The molecular weight excluding hydrogens is 671 g/mol. The normalized spacial score (nSPS) is 12.0. The number of nitrogens with zero attached hydrogens (tertiary/aromatic N) is 5. The molecule has 0 aliphatic heterocycles. The predicted octanol–water partition coefficient (Wildman–Crippen LogP) is 13.0. The van der Waals surface area contributed by atoms with Crippen LogP contribution in [0.3, 0.4) is 0 Å². The Morgan fingerprint density at radius 2 is 0.891 bits per heavy atom. The molecule has 0 saturated carbocycles. The van der Waals surface area contributed by atoms with Crippen LogP contribution in [0.15, 0.2) is 188 Å². The van der Waals surface area contributed by atoms with Crippen molar-refractivity contribution in [2.45, 2.75) is 0 Å². The average Bonchev–Trinajstić information content (AvgIpc) is 3.77. The minimum absolute atomic E-state index is 0.837. The standard InChI is InChI=1S/C50H31N5/c1-3-15-33(16-4-1)53(34-17-5-2-6-18-34)35-29-27-32(28-30-35)39-31-40-36-19-7-12-24-43(36)54-45-26-14-9-21-38(45)47-50(52-42-23-11-10-22-41(42)51-47)55-44-25-13-8-20-37(44)46(39)49(55)48(40)54/h1-31H. The molecule has 8 aromatic carbocycles. The Bertz CT molecular complexity index is 3430. The summed E-state index contributed by atoms with van der Waals surface area (Å²) in [6.45, 7) is 0. The Hall–Kier alpha value is -7.50. The lowest BCUT2D eigenvalue weighted by Crippen LogP contribution is -2.09. The molecule has 0 saturated heterocycles. The zero-order chi connectivity index (χ0) is 36.0. The van der Waals surface area contributed by atoms with Crippen LogP contribution in [0.2, 0.25) is 0 Å². The van der Waals surface area contributed by atoms with E-state index in [2.05, 4.69) is 190 Å². The molecule has 0 unspecified atom stereocenters. The second-order valence-electron chi connectivity index (χ2n) is 14.2. The lowest BCUT2D eigenvalue weighted by molar-refractivity contribution is 1.24. The lowest BCUT2D eigenvalue weighted by Gasteiger charge is -2.25. The molecule has 12 aromatic rings. The number of aromatic nitrogens is 4. The quantitative estimate of drug-likeness (QED) is 0.183. The van der Waals surface area contributed by atoms with E-state index in [1.165, 1.54) is 32.6 Å². The molecule has 0 aliphatic carbocycles. The number of hydrogen-bond donors (Lipinski definition) is 0. The lowest BCUT2D eigenvalue weighted by atomic mass is 9.96. The number of rotatable bonds is 4. The fraction of sp³-hybridized carbons (Fsp3) is 0. The van der Waals surface area contributed by atoms with Crippen LogP contribution < -0.4 is 4.90 Å². The summed E-state index contributed by atoms with van der Waals surface area (Å²) in [5.41, 5.74) is 14.8. The third-order valence-corrected chi connectivity index (χ3v) is 11.2. The fourth-order valence-electron chi connectivity index (χ4n) is 8.88. The van der Waals surface area contributed by atoms with Crippen molar-refractivity contribution in [3.8, 4) is 11.1 Å². The van der Waals surface area contributed by atoms with Gasteiger partial charge in [-0.2, -0.15) is 0 Å². The van der Waals surface area contributed by atoms with E-state index in [1.807, 2.05) is 12.1 Å². The Morgan fingerprint density at radius 1 is 0.382 bits per heavy atom. The average molecular weight is 702 g/mol. The fourth-order valence-corrected chi connectivity index (χ4v) is 8.88. The Morgan fingerprint density at radius 3 is 1.56 bits per heavy atom. The molecule has 0 aliphatic rings. The second-order valence-corrected chi connectivity index (χ2v) is 14.2. The molecule has 0 amide bonds. The number of para-hydroxylation sites is 7. The van der Waals surface area contributed by atoms with Crippen LogP contribution in [0, 0.1) is 0 Å². The molecule has 4 heterocycles. The van der Waals surface area contributed by atoms with Crippen molar-refractivity contribution < 1.29 is 0 Å². The third-order valence-electron chi connectivity index (χ3n) is 11.2. The van der Waals surface area contributed by atoms with E-state index in [-0.39, 0.29) is 0 Å². The van der Waals surface area contributed by atoms with Gasteiger partial charge in [-0.15, -0.1) is 0 Å². The summed E-state index contributed by atoms with van der Waals surface area (Å²) in [4.78, 5) is 13.2. The van der Waals surface area contributed by atoms with Crippen LogP contribution in [-0.4, -0.2) is 18.8 Å². The molecule has 256 valence electrons. The van der Waals surface area contributed by atoms with Crippen LogP contribution in [-0.2, 0) is 0 Å². The maximum Gasteiger partial charge on any atom is 0.165 e. The van der Waals surface area contributed by atoms with Crippen LogP contribution >= 0.6 is 0 Å². The zero-order valence-electron chi connectivity index (χ0n) is 29.6. The first-order valence-electron chi connectivity index (χ1n) is 18.7. The van der Waals surface area contributed by atoms with Gasteiger partial charge in [-0.1, -0.05) is 115 Å². The Balaban J connectivity index is 1.26. The second kappa shape index (κ2) is 11.5. The topological polar surface area (TPSA) is 37.8 Å². The summed E-state index contributed by atoms with van der Waals surface area (Å²) in [6, 6.07) is 67.1. The van der Waals surface area contributed by atoms with E-state index in [0.29, 0.717) is 0 Å². The Labute approximate surface area is 315 Å². The highest BCUT2D eigenvalue weighted by atomic mass is 15.1. The highest BCUT2D eigenvalue weighted by molar-refractivity contribution is 6.29. The third kappa shape index (κ3) is 4.29. The first-order valence-corrected chi connectivity index (χ1v) is 18.7. The van der Waals surface area contributed by atoms with E-state index in [0.717, 1.165) is 72.3 Å². The van der Waals surface area contributed by atoms with Crippen LogP contribution in [0.25, 0.3) is 87.8 Å². The molecule has 0 spiro atoms. The van der Waals surface area contributed by atoms with Gasteiger partial charge < -0.3 is 9.30 Å². The highest BCUT2D eigenvalue weighted by Crippen LogP contribution is 2.46. The van der Waals surface area contributed by atoms with Gasteiger partial charge >= 0.3 is 0 Å². The summed E-state index contributed by atoms with van der Waals surface area (Å²) in [6.07, 6.45) is 0. The molecule has 4 aromatic heterocycles. The SMILES string of the molecule is c1ccc(N(c2ccccc2)c2ccc(-c3cc4c5ccccc5n5c6ccccc6c6nc7ccccc7nc6n6c7ccccc7c3c6c45)cc2)cc1. The Kier molecular flexibility index (Phi) is 6.27. The van der Waals surface area contributed by atoms with Crippen molar-refractivity contribution in [2.75, 3.05) is 4.90 Å².